The van der Waals surface area contributed by atoms with Crippen LogP contribution in [0.5, 0.6) is 0 Å². The van der Waals surface area contributed by atoms with E-state index in [0.29, 0.717) is 0 Å². The van der Waals surface area contributed by atoms with Gasteiger partial charge in [-0.3, -0.25) is 0 Å². The Morgan fingerprint density at radius 2 is 1.73 bits per heavy atom. The van der Waals surface area contributed by atoms with E-state index in [9.17, 15) is 0 Å². The minimum absolute atomic E-state index is 0. The second kappa shape index (κ2) is 13.1. The molecule has 1 fully saturated rings. The van der Waals surface area contributed by atoms with Crippen molar-refractivity contribution < 1.29 is 48.0 Å². The molecule has 4 rings (SSSR count). The van der Waals surface area contributed by atoms with Crippen LogP contribution in [0.2, 0.25) is 3.63 Å². The summed E-state index contributed by atoms with van der Waals surface area (Å²) in [5.41, 5.74) is 5.13. The van der Waals surface area contributed by atoms with Crippen molar-refractivity contribution in [3.05, 3.63) is 64.5 Å². The van der Waals surface area contributed by atoms with E-state index < -0.39 is 23.2 Å². The summed E-state index contributed by atoms with van der Waals surface area (Å²) in [5.74, 6) is 0.890. The van der Waals surface area contributed by atoms with Crippen molar-refractivity contribution in [2.24, 2.45) is 5.92 Å². The van der Waals surface area contributed by atoms with Crippen molar-refractivity contribution in [3.63, 3.8) is 0 Å². The van der Waals surface area contributed by atoms with Crippen LogP contribution >= 0.6 is 7.92 Å². The number of benzene rings is 1. The molecular formula is C26H35Cl2PZr. The zero-order valence-corrected chi connectivity index (χ0v) is 23.3. The molecular weight excluding hydrogens is 505 g/mol. The molecule has 0 bridgehead atoms. The molecule has 0 nitrogen and oxygen atoms in total. The van der Waals surface area contributed by atoms with E-state index in [0.717, 1.165) is 13.2 Å². The van der Waals surface area contributed by atoms with Crippen LogP contribution in [0.25, 0.3) is 6.08 Å². The summed E-state index contributed by atoms with van der Waals surface area (Å²) in [6.45, 7) is 4.72. The number of hydrogen-bond acceptors (Lipinski definition) is 0. The van der Waals surface area contributed by atoms with Crippen LogP contribution in [0.4, 0.5) is 0 Å². The third-order valence-corrected chi connectivity index (χ3v) is 15.0. The normalized spacial score (nSPS) is 23.6. The Morgan fingerprint density at radius 1 is 1.00 bits per heavy atom. The molecule has 0 aromatic heterocycles. The van der Waals surface area contributed by atoms with Crippen molar-refractivity contribution in [1.29, 1.82) is 0 Å². The van der Waals surface area contributed by atoms with Gasteiger partial charge < -0.3 is 24.8 Å². The summed E-state index contributed by atoms with van der Waals surface area (Å²) in [6.07, 6.45) is 22.6. The molecule has 1 aromatic rings. The zero-order valence-electron chi connectivity index (χ0n) is 18.4. The number of hydrogen-bond donors (Lipinski definition) is 0. The van der Waals surface area contributed by atoms with Crippen LogP contribution < -0.4 is 24.8 Å². The fourth-order valence-corrected chi connectivity index (χ4v) is 14.7. The molecule has 3 atom stereocenters. The van der Waals surface area contributed by atoms with E-state index in [2.05, 4.69) is 62.4 Å². The predicted molar refractivity (Wildman–Crippen MR) is 122 cm³/mol. The average molecular weight is 541 g/mol. The van der Waals surface area contributed by atoms with Crippen molar-refractivity contribution in [3.8, 4) is 0 Å². The molecule has 4 heteroatoms. The van der Waals surface area contributed by atoms with Gasteiger partial charge in [-0.05, 0) is 0 Å². The Kier molecular flexibility index (Phi) is 11.6. The average Bonchev–Trinajstić information content (AvgIpc) is 3.31. The van der Waals surface area contributed by atoms with Gasteiger partial charge in [0.05, 0.1) is 0 Å². The van der Waals surface area contributed by atoms with E-state index in [1.54, 1.807) is 11.1 Å². The van der Waals surface area contributed by atoms with Crippen LogP contribution in [0.1, 0.15) is 73.5 Å². The molecule has 1 saturated carbocycles. The van der Waals surface area contributed by atoms with Crippen molar-refractivity contribution >= 4 is 14.0 Å². The van der Waals surface area contributed by atoms with E-state index >= 15 is 0 Å². The minimum Gasteiger partial charge on any atom is -1.00 e. The minimum atomic E-state index is -0.550. The van der Waals surface area contributed by atoms with E-state index in [4.69, 9.17) is 0 Å². The zero-order chi connectivity index (χ0) is 19.3. The molecule has 3 aliphatic rings. The van der Waals surface area contributed by atoms with Gasteiger partial charge in [0.15, 0.2) is 0 Å². The number of unbranched alkanes of at least 4 members (excludes halogenated alkanes) is 2. The predicted octanol–water partition coefficient (Wildman–Crippen LogP) is 2.34. The fourth-order valence-electron chi connectivity index (χ4n) is 5.12. The molecule has 0 amide bonds. The Morgan fingerprint density at radius 3 is 2.47 bits per heavy atom. The molecule has 0 aliphatic heterocycles. The van der Waals surface area contributed by atoms with Crippen LogP contribution in [-0.4, -0.2) is 12.3 Å². The van der Waals surface area contributed by atoms with E-state index in [-0.39, 0.29) is 32.7 Å². The van der Waals surface area contributed by atoms with E-state index in [1.807, 2.05) is 10.9 Å². The van der Waals surface area contributed by atoms with Gasteiger partial charge in [-0.1, -0.05) is 0 Å². The quantitative estimate of drug-likeness (QED) is 0.422. The van der Waals surface area contributed by atoms with Crippen molar-refractivity contribution in [1.82, 2.24) is 0 Å². The second-order valence-electron chi connectivity index (χ2n) is 8.65. The SMILES string of the molecule is CCCCP(CCCC)C1=Cc2ccccc2[CH]1[Zr+2][CH]1CCC2CC=CC=C21.[Cl-].[Cl-]. The van der Waals surface area contributed by atoms with Crippen LogP contribution in [0.15, 0.2) is 53.4 Å². The number of allylic oxidation sites excluding steroid dienone is 5. The molecule has 0 N–H and O–H groups in total. The number of halogens is 2. The molecule has 3 unspecified atom stereocenters. The summed E-state index contributed by atoms with van der Waals surface area (Å²) in [7, 11) is 0.0715. The molecule has 30 heavy (non-hydrogen) atoms. The second-order valence-corrected chi connectivity index (χ2v) is 15.1. The summed E-state index contributed by atoms with van der Waals surface area (Å²) < 4.78 is 1.84. The van der Waals surface area contributed by atoms with Crippen LogP contribution in [0, 0.1) is 5.92 Å². The van der Waals surface area contributed by atoms with E-state index in [1.165, 1.54) is 57.3 Å². The summed E-state index contributed by atoms with van der Waals surface area (Å²) in [4.78, 5) is 0. The summed E-state index contributed by atoms with van der Waals surface area (Å²) >= 11 is -0.550. The van der Waals surface area contributed by atoms with Gasteiger partial charge in [-0.15, -0.1) is 0 Å². The van der Waals surface area contributed by atoms with Gasteiger partial charge in [-0.25, -0.2) is 0 Å². The molecule has 3 aliphatic carbocycles. The third-order valence-electron chi connectivity index (χ3n) is 6.73. The first kappa shape index (κ1) is 26.6. The van der Waals surface area contributed by atoms with Crippen molar-refractivity contribution in [2.75, 3.05) is 12.3 Å². The fraction of sp³-hybridized carbons (Fsp3) is 0.538. The van der Waals surface area contributed by atoms with Gasteiger partial charge in [-0.2, -0.15) is 0 Å². The topological polar surface area (TPSA) is 0 Å². The maximum atomic E-state index is 2.67. The largest absolute Gasteiger partial charge is 1.00 e. The number of fused-ring (bicyclic) bond motifs is 2. The maximum Gasteiger partial charge on any atom is -1.00 e. The van der Waals surface area contributed by atoms with Gasteiger partial charge in [0.2, 0.25) is 0 Å². The van der Waals surface area contributed by atoms with Gasteiger partial charge in [0.1, 0.15) is 0 Å². The number of rotatable bonds is 9. The monoisotopic (exact) mass is 538 g/mol. The molecule has 162 valence electrons. The Labute approximate surface area is 209 Å². The van der Waals surface area contributed by atoms with Crippen molar-refractivity contribution in [2.45, 2.75) is 66.0 Å². The van der Waals surface area contributed by atoms with Gasteiger partial charge in [0, 0.05) is 0 Å². The molecule has 0 saturated heterocycles. The standard InChI is InChI=1S/C17H24P.C9H11.2ClH.Zr/c1-3-5-11-18(12-6-4-2)17-13-15-9-7-8-10-16(15)14-17;1-2-5-9-7-3-6-8(9)4-1;;;/h7-10,13-14H,3-6,11-12H2,1-2H3;1-2,4,6,9H,3,5,7H2;2*1H;/q;;;;+2/p-2. The first-order valence-corrected chi connectivity index (χ1v) is 16.0. The Hall–Kier alpha value is 0.333. The first-order valence-electron chi connectivity index (χ1n) is 11.5. The van der Waals surface area contributed by atoms with Gasteiger partial charge >= 0.3 is 186 Å². The van der Waals surface area contributed by atoms with Crippen LogP contribution in [-0.2, 0) is 23.2 Å². The van der Waals surface area contributed by atoms with Gasteiger partial charge in [0.25, 0.3) is 0 Å². The summed E-state index contributed by atoms with van der Waals surface area (Å²) in [6, 6.07) is 9.41. The molecule has 0 radical (unpaired) electrons. The first-order chi connectivity index (χ1) is 13.8. The Bertz CT molecular complexity index is 762. The Balaban J connectivity index is 0.00000160. The molecule has 1 aromatic carbocycles. The maximum absolute atomic E-state index is 2.67. The molecule has 0 heterocycles. The molecule has 0 spiro atoms. The third kappa shape index (κ3) is 6.01. The smallest absolute Gasteiger partial charge is 1.00 e. The summed E-state index contributed by atoms with van der Waals surface area (Å²) in [5, 5.41) is 1.92. The van der Waals surface area contributed by atoms with Crippen LogP contribution in [0.3, 0.4) is 0 Å².